The predicted octanol–water partition coefficient (Wildman–Crippen LogP) is 3.86. The summed E-state index contributed by atoms with van der Waals surface area (Å²) in [6.07, 6.45) is 2.04. The lowest BCUT2D eigenvalue weighted by molar-refractivity contribution is 0.0869. The van der Waals surface area contributed by atoms with E-state index in [-0.39, 0.29) is 29.4 Å². The highest BCUT2D eigenvalue weighted by Gasteiger charge is 2.23. The number of ketones is 1. The molecule has 0 bridgehead atoms. The number of aromatic nitrogens is 1. The van der Waals surface area contributed by atoms with Crippen molar-refractivity contribution in [2.24, 2.45) is 5.92 Å². The molecule has 3 rings (SSSR count). The van der Waals surface area contributed by atoms with Crippen molar-refractivity contribution in [2.75, 3.05) is 13.2 Å². The minimum atomic E-state index is -0.791. The maximum absolute atomic E-state index is 13.4. The molecule has 1 aliphatic heterocycles. The van der Waals surface area contributed by atoms with Crippen molar-refractivity contribution in [1.29, 1.82) is 0 Å². The van der Waals surface area contributed by atoms with Crippen LogP contribution in [0.25, 0.3) is 0 Å². The van der Waals surface area contributed by atoms with Gasteiger partial charge in [-0.2, -0.15) is 0 Å². The largest absolute Gasteiger partial charge is 0.381 e. The van der Waals surface area contributed by atoms with Crippen LogP contribution in [0.3, 0.4) is 0 Å². The number of hydrogen-bond acceptors (Lipinski definition) is 5. The van der Waals surface area contributed by atoms with Gasteiger partial charge < -0.3 is 14.0 Å². The summed E-state index contributed by atoms with van der Waals surface area (Å²) in [4.78, 5) is 12.3. The summed E-state index contributed by atoms with van der Waals surface area (Å²) in [5.41, 5.74) is 1.32. The fourth-order valence-electron chi connectivity index (χ4n) is 2.91. The highest BCUT2D eigenvalue weighted by molar-refractivity contribution is 5.95. The van der Waals surface area contributed by atoms with Crippen LogP contribution >= 0.6 is 0 Å². The number of nitrogens with zero attached hydrogens (tertiary/aromatic N) is 1. The first-order chi connectivity index (χ1) is 12.3. The zero-order valence-corrected chi connectivity index (χ0v) is 14.1. The molecule has 0 saturated carbocycles. The van der Waals surface area contributed by atoms with E-state index in [1.165, 1.54) is 0 Å². The zero-order chi connectivity index (χ0) is 17.5. The second-order valence-electron chi connectivity index (χ2n) is 6.24. The second-order valence-corrected chi connectivity index (χ2v) is 6.24. The first kappa shape index (κ1) is 17.8. The summed E-state index contributed by atoms with van der Waals surface area (Å²) >= 11 is 0. The van der Waals surface area contributed by atoms with E-state index in [2.05, 4.69) is 5.16 Å². The molecule has 1 aliphatic rings. The molecule has 1 unspecified atom stereocenters. The van der Waals surface area contributed by atoms with E-state index in [0.717, 1.165) is 25.0 Å². The summed E-state index contributed by atoms with van der Waals surface area (Å²) in [7, 11) is 0. The van der Waals surface area contributed by atoms with E-state index in [1.54, 1.807) is 0 Å². The number of benzene rings is 1. The number of ether oxygens (including phenoxy) is 2. The van der Waals surface area contributed by atoms with Crippen molar-refractivity contribution in [3.63, 3.8) is 0 Å². The van der Waals surface area contributed by atoms with Gasteiger partial charge in [0.05, 0.1) is 12.2 Å². The van der Waals surface area contributed by atoms with Gasteiger partial charge >= 0.3 is 0 Å². The average molecular weight is 347 g/mol. The van der Waals surface area contributed by atoms with Crippen molar-refractivity contribution in [2.45, 2.75) is 39.2 Å². The van der Waals surface area contributed by atoms with Gasteiger partial charge in [-0.15, -0.1) is 0 Å². The third kappa shape index (κ3) is 4.74. The Bertz CT molecular complexity index is 680. The lowest BCUT2D eigenvalue weighted by Gasteiger charge is -2.05. The number of hydrogen-bond donors (Lipinski definition) is 0. The number of halogens is 1. The van der Waals surface area contributed by atoms with Gasteiger partial charge in [-0.25, -0.2) is 4.39 Å². The minimum Gasteiger partial charge on any atom is -0.381 e. The van der Waals surface area contributed by atoms with Gasteiger partial charge in [0.15, 0.2) is 17.2 Å². The normalized spacial score (nSPS) is 17.1. The van der Waals surface area contributed by atoms with E-state index in [9.17, 15) is 9.18 Å². The molecule has 25 heavy (non-hydrogen) atoms. The number of Topliss-reactive ketones (excluding diaryl/α,β-unsaturated/α-hetero) is 1. The standard InChI is InChI=1S/C19H22FNO4/c20-10-16-18(13-24-12-14-4-2-1-3-5-14)25-21-19(16)17(22)7-6-15-8-9-23-11-15/h1-5,15H,6-13H2. The summed E-state index contributed by atoms with van der Waals surface area (Å²) in [5, 5.41) is 3.78. The monoisotopic (exact) mass is 347 g/mol. The highest BCUT2D eigenvalue weighted by Crippen LogP contribution is 2.23. The zero-order valence-electron chi connectivity index (χ0n) is 14.1. The van der Waals surface area contributed by atoms with E-state index in [1.807, 2.05) is 30.3 Å². The Balaban J connectivity index is 1.55. The van der Waals surface area contributed by atoms with Crippen LogP contribution in [0.4, 0.5) is 4.39 Å². The Morgan fingerprint density at radius 2 is 2.12 bits per heavy atom. The lowest BCUT2D eigenvalue weighted by Crippen LogP contribution is -2.08. The van der Waals surface area contributed by atoms with Gasteiger partial charge in [0.1, 0.15) is 13.3 Å². The average Bonchev–Trinajstić information content (AvgIpc) is 3.30. The van der Waals surface area contributed by atoms with Crippen molar-refractivity contribution in [3.05, 3.63) is 52.9 Å². The van der Waals surface area contributed by atoms with Crippen molar-refractivity contribution < 1.29 is 23.2 Å². The van der Waals surface area contributed by atoms with Crippen LogP contribution in [-0.2, 0) is 29.4 Å². The maximum atomic E-state index is 13.4. The van der Waals surface area contributed by atoms with Crippen LogP contribution in [0.15, 0.2) is 34.9 Å². The number of rotatable bonds is 9. The molecule has 1 fully saturated rings. The number of carbonyl (C=O) groups excluding carboxylic acids is 1. The minimum absolute atomic E-state index is 0.0882. The third-order valence-corrected chi connectivity index (χ3v) is 4.42. The summed E-state index contributed by atoms with van der Waals surface area (Å²) < 4.78 is 29.4. The van der Waals surface area contributed by atoms with E-state index >= 15 is 0 Å². The van der Waals surface area contributed by atoms with Gasteiger partial charge in [-0.1, -0.05) is 35.5 Å². The Hall–Kier alpha value is -2.05. The van der Waals surface area contributed by atoms with Gasteiger partial charge in [-0.05, 0) is 24.3 Å². The summed E-state index contributed by atoms with van der Waals surface area (Å²) in [6.45, 7) is 1.13. The molecule has 0 spiro atoms. The molecular weight excluding hydrogens is 325 g/mol. The van der Waals surface area contributed by atoms with Crippen LogP contribution in [0, 0.1) is 5.92 Å². The van der Waals surface area contributed by atoms with Crippen LogP contribution in [0.5, 0.6) is 0 Å². The molecule has 0 aliphatic carbocycles. The molecule has 5 nitrogen and oxygen atoms in total. The molecule has 6 heteroatoms. The molecule has 0 radical (unpaired) electrons. The molecule has 2 aromatic rings. The van der Waals surface area contributed by atoms with Gasteiger partial charge in [-0.3, -0.25) is 4.79 Å². The molecule has 0 N–H and O–H groups in total. The SMILES string of the molecule is O=C(CCC1CCOC1)c1noc(COCc2ccccc2)c1CF. The van der Waals surface area contributed by atoms with Crippen molar-refractivity contribution >= 4 is 5.78 Å². The number of carbonyl (C=O) groups is 1. The first-order valence-electron chi connectivity index (χ1n) is 8.54. The summed E-state index contributed by atoms with van der Waals surface area (Å²) in [6, 6.07) is 9.66. The van der Waals surface area contributed by atoms with Crippen molar-refractivity contribution in [3.8, 4) is 0 Å². The van der Waals surface area contributed by atoms with Gasteiger partial charge in [0.25, 0.3) is 0 Å². The van der Waals surface area contributed by atoms with Crippen LogP contribution < -0.4 is 0 Å². The van der Waals surface area contributed by atoms with E-state index in [4.69, 9.17) is 14.0 Å². The summed E-state index contributed by atoms with van der Waals surface area (Å²) in [5.74, 6) is 0.502. The highest BCUT2D eigenvalue weighted by atomic mass is 19.1. The molecule has 134 valence electrons. The molecule has 1 saturated heterocycles. The Kier molecular flexibility index (Phi) is 6.30. The van der Waals surface area contributed by atoms with Crippen LogP contribution in [0.2, 0.25) is 0 Å². The number of alkyl halides is 1. The van der Waals surface area contributed by atoms with E-state index < -0.39 is 6.67 Å². The second kappa shape index (κ2) is 8.87. The molecule has 1 atom stereocenters. The molecule has 1 aromatic heterocycles. The fourth-order valence-corrected chi connectivity index (χ4v) is 2.91. The fraction of sp³-hybridized carbons (Fsp3) is 0.474. The first-order valence-corrected chi connectivity index (χ1v) is 8.54. The predicted molar refractivity (Wildman–Crippen MR) is 88.7 cm³/mol. The van der Waals surface area contributed by atoms with Crippen molar-refractivity contribution in [1.82, 2.24) is 5.16 Å². The third-order valence-electron chi connectivity index (χ3n) is 4.42. The molecule has 0 amide bonds. The quantitative estimate of drug-likeness (QED) is 0.645. The van der Waals surface area contributed by atoms with E-state index in [0.29, 0.717) is 25.6 Å². The Morgan fingerprint density at radius 3 is 2.84 bits per heavy atom. The lowest BCUT2D eigenvalue weighted by atomic mass is 9.99. The maximum Gasteiger partial charge on any atom is 0.185 e. The molecule has 2 heterocycles. The molecular formula is C19H22FNO4. The van der Waals surface area contributed by atoms with Gasteiger partial charge in [0.2, 0.25) is 0 Å². The topological polar surface area (TPSA) is 61.6 Å². The van der Waals surface area contributed by atoms with Crippen LogP contribution in [-0.4, -0.2) is 24.2 Å². The Morgan fingerprint density at radius 1 is 1.28 bits per heavy atom. The van der Waals surface area contributed by atoms with Gasteiger partial charge in [0, 0.05) is 19.6 Å². The van der Waals surface area contributed by atoms with Crippen LogP contribution in [0.1, 0.15) is 46.6 Å². The molecule has 1 aromatic carbocycles. The Labute approximate surface area is 146 Å². The smallest absolute Gasteiger partial charge is 0.185 e.